The third kappa shape index (κ3) is 3.04. The van der Waals surface area contributed by atoms with Crippen LogP contribution in [0.15, 0.2) is 48.8 Å². The highest BCUT2D eigenvalue weighted by Crippen LogP contribution is 2.14. The second kappa shape index (κ2) is 5.46. The molecule has 1 N–H and O–H groups in total. The third-order valence-electron chi connectivity index (χ3n) is 2.29. The summed E-state index contributed by atoms with van der Waals surface area (Å²) in [5.41, 5.74) is 1.44. The first-order valence-electron chi connectivity index (χ1n) is 5.19. The maximum atomic E-state index is 11.8. The number of benzene rings is 1. The summed E-state index contributed by atoms with van der Waals surface area (Å²) < 4.78 is 0. The molecule has 0 aliphatic rings. The Labute approximate surface area is 104 Å². The summed E-state index contributed by atoms with van der Waals surface area (Å²) in [6, 6.07) is 10.7. The number of hydrogen-bond donors (Lipinski definition) is 1. The summed E-state index contributed by atoms with van der Waals surface area (Å²) in [4.78, 5) is 15.8. The molecule has 0 radical (unpaired) electrons. The van der Waals surface area contributed by atoms with Crippen LogP contribution in [0.4, 0.5) is 0 Å². The van der Waals surface area contributed by atoms with Gasteiger partial charge in [0.05, 0.1) is 10.6 Å². The van der Waals surface area contributed by atoms with Crippen molar-refractivity contribution in [3.05, 3.63) is 64.9 Å². The lowest BCUT2D eigenvalue weighted by molar-refractivity contribution is 0.0951. The molecule has 0 fully saturated rings. The molecule has 0 aliphatic carbocycles. The molecule has 0 atom stereocenters. The number of hydrogen-bond acceptors (Lipinski definition) is 2. The second-order valence-electron chi connectivity index (χ2n) is 3.52. The van der Waals surface area contributed by atoms with Crippen molar-refractivity contribution in [1.29, 1.82) is 0 Å². The summed E-state index contributed by atoms with van der Waals surface area (Å²) in [7, 11) is 0. The average molecular weight is 247 g/mol. The van der Waals surface area contributed by atoms with E-state index in [1.807, 2.05) is 12.1 Å². The van der Waals surface area contributed by atoms with Crippen LogP contribution in [0, 0.1) is 0 Å². The molecule has 4 heteroatoms. The molecule has 0 spiro atoms. The van der Waals surface area contributed by atoms with Gasteiger partial charge in [-0.05, 0) is 23.8 Å². The SMILES string of the molecule is O=C(NCc1cccnc1)c1ccccc1Cl. The van der Waals surface area contributed by atoms with Gasteiger partial charge in [0.15, 0.2) is 0 Å². The molecular weight excluding hydrogens is 236 g/mol. The molecule has 3 nitrogen and oxygen atoms in total. The summed E-state index contributed by atoms with van der Waals surface area (Å²) in [6.07, 6.45) is 3.41. The second-order valence-corrected chi connectivity index (χ2v) is 3.93. The number of nitrogens with one attached hydrogen (secondary N) is 1. The molecule has 0 saturated heterocycles. The molecular formula is C13H11ClN2O. The van der Waals surface area contributed by atoms with Gasteiger partial charge in [-0.25, -0.2) is 0 Å². The van der Waals surface area contributed by atoms with E-state index in [9.17, 15) is 4.79 Å². The van der Waals surface area contributed by atoms with Crippen molar-refractivity contribution in [1.82, 2.24) is 10.3 Å². The fraction of sp³-hybridized carbons (Fsp3) is 0.0769. The zero-order chi connectivity index (χ0) is 12.1. The number of amides is 1. The number of carbonyl (C=O) groups is 1. The molecule has 1 heterocycles. The lowest BCUT2D eigenvalue weighted by Gasteiger charge is -2.06. The fourth-order valence-electron chi connectivity index (χ4n) is 1.43. The maximum Gasteiger partial charge on any atom is 0.253 e. The van der Waals surface area contributed by atoms with E-state index in [4.69, 9.17) is 11.6 Å². The normalized spacial score (nSPS) is 9.94. The molecule has 0 aliphatic heterocycles. The van der Waals surface area contributed by atoms with Gasteiger partial charge in [-0.2, -0.15) is 0 Å². The molecule has 2 aromatic rings. The van der Waals surface area contributed by atoms with Crippen LogP contribution in [0.5, 0.6) is 0 Å². The smallest absolute Gasteiger partial charge is 0.253 e. The zero-order valence-electron chi connectivity index (χ0n) is 9.06. The van der Waals surface area contributed by atoms with Crippen molar-refractivity contribution in [2.75, 3.05) is 0 Å². The van der Waals surface area contributed by atoms with Crippen LogP contribution in [-0.2, 0) is 6.54 Å². The highest BCUT2D eigenvalue weighted by molar-refractivity contribution is 6.33. The zero-order valence-corrected chi connectivity index (χ0v) is 9.82. The summed E-state index contributed by atoms with van der Waals surface area (Å²) >= 11 is 5.93. The van der Waals surface area contributed by atoms with E-state index >= 15 is 0 Å². The fourth-order valence-corrected chi connectivity index (χ4v) is 1.65. The van der Waals surface area contributed by atoms with Crippen molar-refractivity contribution >= 4 is 17.5 Å². The Bertz CT molecular complexity index is 514. The minimum atomic E-state index is -0.181. The van der Waals surface area contributed by atoms with Gasteiger partial charge in [-0.15, -0.1) is 0 Å². The number of nitrogens with zero attached hydrogens (tertiary/aromatic N) is 1. The van der Waals surface area contributed by atoms with Crippen LogP contribution in [0.1, 0.15) is 15.9 Å². The number of rotatable bonds is 3. The monoisotopic (exact) mass is 246 g/mol. The Kier molecular flexibility index (Phi) is 3.73. The van der Waals surface area contributed by atoms with Gasteiger partial charge in [0, 0.05) is 18.9 Å². The largest absolute Gasteiger partial charge is 0.348 e. The van der Waals surface area contributed by atoms with Crippen LogP contribution in [-0.4, -0.2) is 10.9 Å². The standard InChI is InChI=1S/C13H11ClN2O/c14-12-6-2-1-5-11(12)13(17)16-9-10-4-3-7-15-8-10/h1-8H,9H2,(H,16,17). The number of pyridine rings is 1. The lowest BCUT2D eigenvalue weighted by Crippen LogP contribution is -2.23. The predicted octanol–water partition coefficient (Wildman–Crippen LogP) is 2.67. The Balaban J connectivity index is 2.01. The van der Waals surface area contributed by atoms with Crippen molar-refractivity contribution in [2.24, 2.45) is 0 Å². The van der Waals surface area contributed by atoms with E-state index < -0.39 is 0 Å². The van der Waals surface area contributed by atoms with E-state index in [2.05, 4.69) is 10.3 Å². The Morgan fingerprint density at radius 3 is 2.76 bits per heavy atom. The first-order chi connectivity index (χ1) is 8.27. The van der Waals surface area contributed by atoms with Crippen molar-refractivity contribution < 1.29 is 4.79 Å². The topological polar surface area (TPSA) is 42.0 Å². The van der Waals surface area contributed by atoms with Crippen LogP contribution < -0.4 is 5.32 Å². The highest BCUT2D eigenvalue weighted by Gasteiger charge is 2.08. The van der Waals surface area contributed by atoms with Crippen LogP contribution in [0.3, 0.4) is 0 Å². The quantitative estimate of drug-likeness (QED) is 0.905. The summed E-state index contributed by atoms with van der Waals surface area (Å²) in [5.74, 6) is -0.181. The Hall–Kier alpha value is -1.87. The lowest BCUT2D eigenvalue weighted by atomic mass is 10.2. The van der Waals surface area contributed by atoms with E-state index in [1.54, 1.807) is 36.7 Å². The molecule has 17 heavy (non-hydrogen) atoms. The van der Waals surface area contributed by atoms with Gasteiger partial charge >= 0.3 is 0 Å². The maximum absolute atomic E-state index is 11.8. The van der Waals surface area contributed by atoms with Crippen molar-refractivity contribution in [3.63, 3.8) is 0 Å². The average Bonchev–Trinajstić information content (AvgIpc) is 2.38. The van der Waals surface area contributed by atoms with Crippen LogP contribution in [0.25, 0.3) is 0 Å². The predicted molar refractivity (Wildman–Crippen MR) is 66.9 cm³/mol. The molecule has 0 saturated carbocycles. The van der Waals surface area contributed by atoms with E-state index in [0.717, 1.165) is 5.56 Å². The molecule has 0 bridgehead atoms. The molecule has 1 aromatic carbocycles. The van der Waals surface area contributed by atoms with Crippen molar-refractivity contribution in [3.8, 4) is 0 Å². The van der Waals surface area contributed by atoms with Gasteiger partial charge in [0.2, 0.25) is 0 Å². The first kappa shape index (κ1) is 11.6. The third-order valence-corrected chi connectivity index (χ3v) is 2.62. The highest BCUT2D eigenvalue weighted by atomic mass is 35.5. The number of halogens is 1. The van der Waals surface area contributed by atoms with E-state index in [0.29, 0.717) is 17.1 Å². The minimum Gasteiger partial charge on any atom is -0.348 e. The van der Waals surface area contributed by atoms with Crippen LogP contribution in [0.2, 0.25) is 5.02 Å². The molecule has 1 amide bonds. The Morgan fingerprint density at radius 2 is 2.06 bits per heavy atom. The van der Waals surface area contributed by atoms with Gasteiger partial charge < -0.3 is 5.32 Å². The van der Waals surface area contributed by atoms with Crippen LogP contribution >= 0.6 is 11.6 Å². The van der Waals surface area contributed by atoms with Crippen molar-refractivity contribution in [2.45, 2.75) is 6.54 Å². The molecule has 0 unspecified atom stereocenters. The van der Waals surface area contributed by atoms with E-state index in [1.165, 1.54) is 0 Å². The Morgan fingerprint density at radius 1 is 1.24 bits per heavy atom. The minimum absolute atomic E-state index is 0.181. The molecule has 1 aromatic heterocycles. The summed E-state index contributed by atoms with van der Waals surface area (Å²) in [5, 5.41) is 3.25. The van der Waals surface area contributed by atoms with Gasteiger partial charge in [-0.3, -0.25) is 9.78 Å². The molecule has 2 rings (SSSR count). The molecule has 86 valence electrons. The van der Waals surface area contributed by atoms with E-state index in [-0.39, 0.29) is 5.91 Å². The number of aromatic nitrogens is 1. The summed E-state index contributed by atoms with van der Waals surface area (Å²) in [6.45, 7) is 0.442. The number of carbonyl (C=O) groups excluding carboxylic acids is 1. The first-order valence-corrected chi connectivity index (χ1v) is 5.57. The van der Waals surface area contributed by atoms with Gasteiger partial charge in [0.25, 0.3) is 5.91 Å². The van der Waals surface area contributed by atoms with Gasteiger partial charge in [0.1, 0.15) is 0 Å². The van der Waals surface area contributed by atoms with Gasteiger partial charge in [-0.1, -0.05) is 29.8 Å².